The summed E-state index contributed by atoms with van der Waals surface area (Å²) in [6, 6.07) is 19.6. The minimum absolute atomic E-state index is 0.00939. The predicted molar refractivity (Wildman–Crippen MR) is 217 cm³/mol. The number of nitrogens with one attached hydrogen (secondary N) is 4. The molecule has 3 aliphatic rings. The van der Waals surface area contributed by atoms with E-state index in [0.717, 1.165) is 57.2 Å². The minimum atomic E-state index is -1.06. The quantitative estimate of drug-likeness (QED) is 0.0729. The third kappa shape index (κ3) is 7.96. The number of ketones is 1. The molecule has 1 atom stereocenters. The monoisotopic (exact) mass is 800 g/mol. The van der Waals surface area contributed by atoms with E-state index in [1.165, 1.54) is 6.07 Å². The highest BCUT2D eigenvalue weighted by atomic mass is 16.5. The molecule has 3 aliphatic heterocycles. The van der Waals surface area contributed by atoms with Gasteiger partial charge in [0.05, 0.1) is 47.6 Å². The number of ether oxygens (including phenoxy) is 2. The lowest BCUT2D eigenvalue weighted by Crippen LogP contribution is -2.54. The number of Topliss-reactive ketones (excluding diaryl/α,β-unsaturated/α-hetero) is 1. The highest BCUT2D eigenvalue weighted by Gasteiger charge is 2.46. The second kappa shape index (κ2) is 16.7. The molecule has 8 rings (SSSR count). The predicted octanol–water partition coefficient (Wildman–Crippen LogP) is 3.47. The van der Waals surface area contributed by atoms with Gasteiger partial charge in [0.2, 0.25) is 17.7 Å². The lowest BCUT2D eigenvalue weighted by atomic mass is 9.98. The van der Waals surface area contributed by atoms with Gasteiger partial charge < -0.3 is 29.7 Å². The number of hydrogen-bond acceptors (Lipinski definition) is 11. The number of fused-ring (bicyclic) bond motifs is 2. The van der Waals surface area contributed by atoms with Crippen molar-refractivity contribution >= 4 is 52.0 Å². The van der Waals surface area contributed by atoms with Crippen molar-refractivity contribution in [1.29, 1.82) is 0 Å². The van der Waals surface area contributed by atoms with E-state index in [2.05, 4.69) is 42.5 Å². The summed E-state index contributed by atoms with van der Waals surface area (Å²) in [5.74, 6) is -1.60. The first-order valence-corrected chi connectivity index (χ1v) is 19.7. The van der Waals surface area contributed by atoms with Crippen molar-refractivity contribution < 1.29 is 38.2 Å². The van der Waals surface area contributed by atoms with E-state index in [-0.39, 0.29) is 67.8 Å². The van der Waals surface area contributed by atoms with Gasteiger partial charge in [-0.15, -0.1) is 0 Å². The van der Waals surface area contributed by atoms with Crippen LogP contribution in [0.5, 0.6) is 5.75 Å². The molecule has 304 valence electrons. The summed E-state index contributed by atoms with van der Waals surface area (Å²) in [6.07, 6.45) is 0.104. The lowest BCUT2D eigenvalue weighted by molar-refractivity contribution is -0.136. The first kappa shape index (κ1) is 39.2. The van der Waals surface area contributed by atoms with Crippen LogP contribution in [0.4, 0.5) is 5.69 Å². The van der Waals surface area contributed by atoms with Crippen molar-refractivity contribution in [3.63, 3.8) is 0 Å². The maximum absolute atomic E-state index is 13.2. The van der Waals surface area contributed by atoms with Crippen molar-refractivity contribution in [2.75, 3.05) is 64.0 Å². The van der Waals surface area contributed by atoms with Crippen LogP contribution in [-0.2, 0) is 19.1 Å². The summed E-state index contributed by atoms with van der Waals surface area (Å²) in [5.41, 5.74) is 6.98. The Morgan fingerprint density at radius 2 is 1.68 bits per heavy atom. The molecule has 59 heavy (non-hydrogen) atoms. The molecule has 5 heterocycles. The van der Waals surface area contributed by atoms with E-state index in [1.54, 1.807) is 19.1 Å². The number of hydrogen-bond donors (Lipinski definition) is 4. The summed E-state index contributed by atoms with van der Waals surface area (Å²) in [7, 11) is 0. The summed E-state index contributed by atoms with van der Waals surface area (Å²) in [5, 5.41) is 5.08. The second-order valence-electron chi connectivity index (χ2n) is 14.8. The molecular weight excluding hydrogens is 757 g/mol. The molecule has 4 N–H and O–H groups in total. The first-order chi connectivity index (χ1) is 28.6. The maximum atomic E-state index is 13.2. The molecule has 5 aromatic rings. The van der Waals surface area contributed by atoms with Crippen LogP contribution in [0.2, 0.25) is 0 Å². The Hall–Kier alpha value is -6.65. The first-order valence-electron chi connectivity index (χ1n) is 19.7. The Labute approximate surface area is 339 Å². The fraction of sp³-hybridized carbons (Fsp3) is 0.326. The van der Waals surface area contributed by atoms with Crippen molar-refractivity contribution in [2.24, 2.45) is 0 Å². The van der Waals surface area contributed by atoms with Gasteiger partial charge in [-0.05, 0) is 56.2 Å². The Bertz CT molecular complexity index is 2470. The van der Waals surface area contributed by atoms with Crippen LogP contribution in [0.25, 0.3) is 33.7 Å². The number of imide groups is 2. The molecule has 3 aromatic carbocycles. The lowest BCUT2D eigenvalue weighted by Gasteiger charge is -2.35. The van der Waals surface area contributed by atoms with Crippen LogP contribution in [0, 0.1) is 6.92 Å². The largest absolute Gasteiger partial charge is 0.490 e. The van der Waals surface area contributed by atoms with Crippen molar-refractivity contribution in [3.05, 3.63) is 89.1 Å². The van der Waals surface area contributed by atoms with Gasteiger partial charge in [0.1, 0.15) is 18.4 Å². The molecule has 2 saturated heterocycles. The molecule has 16 nitrogen and oxygen atoms in total. The average Bonchev–Trinajstić information content (AvgIpc) is 3.89. The Morgan fingerprint density at radius 1 is 0.881 bits per heavy atom. The van der Waals surface area contributed by atoms with E-state index in [0.29, 0.717) is 31.0 Å². The van der Waals surface area contributed by atoms with Crippen molar-refractivity contribution in [3.8, 4) is 28.4 Å². The van der Waals surface area contributed by atoms with Gasteiger partial charge in [-0.25, -0.2) is 4.98 Å². The van der Waals surface area contributed by atoms with E-state index in [9.17, 15) is 28.8 Å². The zero-order valence-electron chi connectivity index (χ0n) is 32.8. The number of carbonyl (C=O) groups excluding carboxylic acids is 6. The standard InChI is InChI=1S/C43H44N8O8/c1-25-36(26(2)52)37(27-7-4-3-5-8-27)39(45-25)40-46-30-12-11-28(23-31(30)47-40)50-18-16-49(17-19-50)24-35(54)44-15-20-58-21-22-59-33-10-6-9-29-38(33)43(57)51(42(29)56)32-13-14-34(53)48-41(32)55/h3-12,23,32,45H,13-22,24H2,1-2H3,(H,44,54)(H,46,47)(H,48,53,55). The van der Waals surface area contributed by atoms with E-state index < -0.39 is 29.7 Å². The Morgan fingerprint density at radius 3 is 2.44 bits per heavy atom. The molecule has 0 aliphatic carbocycles. The number of carbonyl (C=O) groups is 6. The van der Waals surface area contributed by atoms with Crippen LogP contribution in [0.1, 0.15) is 56.5 Å². The topological polar surface area (TPSA) is 199 Å². The van der Waals surface area contributed by atoms with Crippen molar-refractivity contribution in [2.45, 2.75) is 32.7 Å². The maximum Gasteiger partial charge on any atom is 0.266 e. The molecule has 2 aromatic heterocycles. The Kier molecular flexibility index (Phi) is 11.1. The van der Waals surface area contributed by atoms with Crippen molar-refractivity contribution in [1.82, 2.24) is 35.4 Å². The minimum Gasteiger partial charge on any atom is -0.490 e. The average molecular weight is 801 g/mol. The molecule has 2 fully saturated rings. The smallest absolute Gasteiger partial charge is 0.266 e. The van der Waals surface area contributed by atoms with E-state index in [4.69, 9.17) is 14.5 Å². The number of H-pyrrole nitrogens is 2. The molecule has 1 unspecified atom stereocenters. The number of aromatic amines is 2. The summed E-state index contributed by atoms with van der Waals surface area (Å²) in [6.45, 7) is 7.51. The number of nitrogens with zero attached hydrogens (tertiary/aromatic N) is 4. The van der Waals surface area contributed by atoms with Gasteiger partial charge in [-0.3, -0.25) is 43.9 Å². The summed E-state index contributed by atoms with van der Waals surface area (Å²) in [4.78, 5) is 92.7. The molecule has 16 heteroatoms. The molecule has 0 spiro atoms. The number of amides is 5. The number of piperidine rings is 1. The number of aromatic nitrogens is 3. The number of piperazine rings is 1. The third-order valence-corrected chi connectivity index (χ3v) is 10.9. The fourth-order valence-electron chi connectivity index (χ4n) is 8.05. The van der Waals surface area contributed by atoms with E-state index >= 15 is 0 Å². The zero-order chi connectivity index (χ0) is 41.2. The normalized spacial score (nSPS) is 17.1. The highest BCUT2D eigenvalue weighted by molar-refractivity contribution is 6.24. The van der Waals surface area contributed by atoms with Crippen LogP contribution in [-0.4, -0.2) is 125 Å². The molecule has 0 bridgehead atoms. The van der Waals surface area contributed by atoms with Gasteiger partial charge in [-0.1, -0.05) is 36.4 Å². The van der Waals surface area contributed by atoms with Gasteiger partial charge in [0.15, 0.2) is 11.6 Å². The molecule has 0 radical (unpaired) electrons. The fourth-order valence-corrected chi connectivity index (χ4v) is 8.05. The zero-order valence-corrected chi connectivity index (χ0v) is 32.8. The van der Waals surface area contributed by atoms with Crippen LogP contribution in [0.15, 0.2) is 66.7 Å². The molecular formula is C43H44N8O8. The van der Waals surface area contributed by atoms with Gasteiger partial charge in [0.25, 0.3) is 11.8 Å². The van der Waals surface area contributed by atoms with Gasteiger partial charge in [-0.2, -0.15) is 0 Å². The summed E-state index contributed by atoms with van der Waals surface area (Å²) >= 11 is 0. The van der Waals surface area contributed by atoms with E-state index in [1.807, 2.05) is 43.3 Å². The summed E-state index contributed by atoms with van der Waals surface area (Å²) < 4.78 is 11.4. The van der Waals surface area contributed by atoms with Crippen LogP contribution in [0.3, 0.4) is 0 Å². The molecule has 0 saturated carbocycles. The number of benzene rings is 3. The second-order valence-corrected chi connectivity index (χ2v) is 14.8. The highest BCUT2D eigenvalue weighted by Crippen LogP contribution is 2.37. The molecule has 5 amide bonds. The van der Waals surface area contributed by atoms with Gasteiger partial charge in [0, 0.05) is 61.7 Å². The SMILES string of the molecule is CC(=O)c1c(C)[nH]c(-c2nc3ccc(N4CCN(CC(=O)NCCOCCOc5cccc6c5C(=O)N(C5CCC(=O)NC5=O)C6=O)CC4)cc3[nH]2)c1-c1ccccc1. The number of anilines is 1. The Balaban J connectivity index is 0.774. The van der Waals surface area contributed by atoms with Crippen LogP contribution < -0.4 is 20.3 Å². The number of rotatable bonds is 14. The number of aryl methyl sites for hydroxylation is 1. The number of imidazole rings is 1. The third-order valence-electron chi connectivity index (χ3n) is 10.9. The van der Waals surface area contributed by atoms with Crippen LogP contribution >= 0.6 is 0 Å². The van der Waals surface area contributed by atoms with Gasteiger partial charge >= 0.3 is 0 Å².